The Morgan fingerprint density at radius 1 is 1.04 bits per heavy atom. The van der Waals surface area contributed by atoms with Crippen LogP contribution in [-0.4, -0.2) is 61.2 Å². The van der Waals surface area contributed by atoms with Crippen molar-refractivity contribution in [2.45, 2.75) is 31.7 Å². The number of hydrogen-bond donors (Lipinski definition) is 2. The van der Waals surface area contributed by atoms with Crippen molar-refractivity contribution in [3.8, 4) is 16.9 Å². The zero-order valence-corrected chi connectivity index (χ0v) is 26.8. The zero-order chi connectivity index (χ0) is 33.3. The number of fused-ring (bicyclic) bond motifs is 1. The van der Waals surface area contributed by atoms with E-state index >= 15 is 0 Å². The Morgan fingerprint density at radius 2 is 1.83 bits per heavy atom. The number of halogens is 1. The van der Waals surface area contributed by atoms with Crippen LogP contribution in [0.15, 0.2) is 83.4 Å². The molecule has 0 atom stereocenters. The minimum atomic E-state index is -0.618. The first-order chi connectivity index (χ1) is 23.3. The molecule has 246 valence electrons. The summed E-state index contributed by atoms with van der Waals surface area (Å²) in [5.41, 5.74) is 10.7. The lowest BCUT2D eigenvalue weighted by molar-refractivity contribution is 0.0322. The Morgan fingerprint density at radius 3 is 2.54 bits per heavy atom. The number of furan rings is 1. The van der Waals surface area contributed by atoms with Crippen LogP contribution in [0.5, 0.6) is 5.75 Å². The number of benzene rings is 3. The molecule has 2 aliphatic rings. The lowest BCUT2D eigenvalue weighted by atomic mass is 9.95. The van der Waals surface area contributed by atoms with Crippen molar-refractivity contribution in [2.75, 3.05) is 39.5 Å². The number of nitrogens with two attached hydrogens (primary N) is 1. The van der Waals surface area contributed by atoms with Gasteiger partial charge in [0.1, 0.15) is 29.5 Å². The number of aryl methyl sites for hydroxylation is 1. The van der Waals surface area contributed by atoms with Crippen molar-refractivity contribution in [1.29, 1.82) is 0 Å². The highest BCUT2D eigenvalue weighted by molar-refractivity contribution is 6.08. The van der Waals surface area contributed by atoms with Crippen molar-refractivity contribution in [3.63, 3.8) is 0 Å². The molecule has 0 radical (unpaired) electrons. The minimum Gasteiger partial charge on any atom is -0.491 e. The van der Waals surface area contributed by atoms with E-state index in [1.807, 2.05) is 49.4 Å². The first kappa shape index (κ1) is 31.5. The fourth-order valence-corrected chi connectivity index (χ4v) is 6.40. The van der Waals surface area contributed by atoms with Crippen LogP contribution in [0.25, 0.3) is 22.1 Å². The predicted octanol–water partition coefficient (Wildman–Crippen LogP) is 5.76. The third-order valence-electron chi connectivity index (χ3n) is 9.19. The van der Waals surface area contributed by atoms with Crippen molar-refractivity contribution in [1.82, 2.24) is 15.2 Å². The van der Waals surface area contributed by atoms with E-state index in [-0.39, 0.29) is 23.7 Å². The van der Waals surface area contributed by atoms with E-state index in [0.717, 1.165) is 60.4 Å². The first-order valence-corrected chi connectivity index (χ1v) is 16.2. The Hall–Kier alpha value is -5.06. The highest BCUT2D eigenvalue weighted by Crippen LogP contribution is 2.45. The standard InChI is InChI=1S/C38H37FN4O5/c1-24-20-32(47-19-16-43-14-17-46-18-15-43)30(37(45)42-38(11-12-38)34-4-2-3-13-41-34)23-28(24)26-7-10-31-29(22-26)35(36(40)44)33(48-31)21-25-5-8-27(39)9-6-25/h2-10,13,20,22-23H,11-12,14-19,21H2,1H3,(H2,40,44)(H,42,45). The molecule has 2 fully saturated rings. The van der Waals surface area contributed by atoms with Gasteiger partial charge in [0, 0.05) is 37.6 Å². The van der Waals surface area contributed by atoms with E-state index in [2.05, 4.69) is 15.2 Å². The van der Waals surface area contributed by atoms with Crippen LogP contribution in [0, 0.1) is 12.7 Å². The maximum absolute atomic E-state index is 14.1. The van der Waals surface area contributed by atoms with E-state index in [0.29, 0.717) is 47.9 Å². The van der Waals surface area contributed by atoms with Gasteiger partial charge in [-0.2, -0.15) is 0 Å². The third-order valence-corrected chi connectivity index (χ3v) is 9.19. The summed E-state index contributed by atoms with van der Waals surface area (Å²) in [7, 11) is 0. The van der Waals surface area contributed by atoms with Gasteiger partial charge in [-0.15, -0.1) is 0 Å². The normalized spacial score (nSPS) is 15.7. The average Bonchev–Trinajstić information content (AvgIpc) is 3.78. The molecule has 3 heterocycles. The topological polar surface area (TPSA) is 120 Å². The number of ether oxygens (including phenoxy) is 2. The number of amides is 2. The maximum atomic E-state index is 14.1. The number of pyridine rings is 1. The smallest absolute Gasteiger partial charge is 0.255 e. The molecular formula is C38H37FN4O5. The van der Waals surface area contributed by atoms with Crippen LogP contribution in [0.4, 0.5) is 4.39 Å². The van der Waals surface area contributed by atoms with Crippen LogP contribution in [0.3, 0.4) is 0 Å². The molecule has 5 aromatic rings. The summed E-state index contributed by atoms with van der Waals surface area (Å²) < 4.78 is 31.4. The molecule has 9 nitrogen and oxygen atoms in total. The second kappa shape index (κ2) is 13.2. The summed E-state index contributed by atoms with van der Waals surface area (Å²) in [4.78, 5) is 33.6. The van der Waals surface area contributed by atoms with E-state index in [1.54, 1.807) is 24.4 Å². The summed E-state index contributed by atoms with van der Waals surface area (Å²) in [6, 6.07) is 21.1. The monoisotopic (exact) mass is 648 g/mol. The van der Waals surface area contributed by atoms with Crippen molar-refractivity contribution < 1.29 is 27.9 Å². The largest absolute Gasteiger partial charge is 0.491 e. The van der Waals surface area contributed by atoms with E-state index in [4.69, 9.17) is 19.6 Å². The average molecular weight is 649 g/mol. The quantitative estimate of drug-likeness (QED) is 0.187. The van der Waals surface area contributed by atoms with Crippen molar-refractivity contribution in [3.05, 3.63) is 119 Å². The lowest BCUT2D eigenvalue weighted by Crippen LogP contribution is -2.39. The van der Waals surface area contributed by atoms with E-state index < -0.39 is 11.4 Å². The fraction of sp³-hybridized carbons (Fsp3) is 0.289. The molecule has 3 aromatic carbocycles. The molecular weight excluding hydrogens is 611 g/mol. The van der Waals surface area contributed by atoms with Crippen LogP contribution in [0.2, 0.25) is 0 Å². The predicted molar refractivity (Wildman–Crippen MR) is 179 cm³/mol. The number of carbonyl (C=O) groups is 2. The minimum absolute atomic E-state index is 0.246. The van der Waals surface area contributed by atoms with Gasteiger partial charge < -0.3 is 24.9 Å². The van der Waals surface area contributed by atoms with Crippen LogP contribution >= 0.6 is 0 Å². The maximum Gasteiger partial charge on any atom is 0.255 e. The van der Waals surface area contributed by atoms with Gasteiger partial charge in [-0.25, -0.2) is 4.39 Å². The van der Waals surface area contributed by atoms with E-state index in [9.17, 15) is 14.0 Å². The lowest BCUT2D eigenvalue weighted by Gasteiger charge is -2.26. The molecule has 7 rings (SSSR count). The molecule has 2 aromatic heterocycles. The van der Waals surface area contributed by atoms with Gasteiger partial charge in [0.15, 0.2) is 0 Å². The second-order valence-electron chi connectivity index (χ2n) is 12.5. The Balaban J connectivity index is 1.23. The molecule has 0 bridgehead atoms. The molecule has 1 aliphatic heterocycles. The number of carbonyl (C=O) groups excluding carboxylic acids is 2. The third kappa shape index (κ3) is 6.54. The van der Waals surface area contributed by atoms with Gasteiger partial charge in [-0.05, 0) is 90.6 Å². The Labute approximate surface area is 277 Å². The molecule has 0 unspecified atom stereocenters. The molecule has 10 heteroatoms. The number of primary amides is 1. The molecule has 48 heavy (non-hydrogen) atoms. The summed E-state index contributed by atoms with van der Waals surface area (Å²) in [6.07, 6.45) is 3.62. The molecule has 0 spiro atoms. The molecule has 1 saturated carbocycles. The highest BCUT2D eigenvalue weighted by Gasteiger charge is 2.47. The Bertz CT molecular complexity index is 1970. The second-order valence-corrected chi connectivity index (χ2v) is 12.5. The fourth-order valence-electron chi connectivity index (χ4n) is 6.40. The SMILES string of the molecule is Cc1cc(OCCN2CCOCC2)c(C(=O)NC2(c3ccccn3)CC2)cc1-c1ccc2oc(Cc3ccc(F)cc3)c(C(N)=O)c2c1. The number of nitrogens with one attached hydrogen (secondary N) is 1. The van der Waals surface area contributed by atoms with Gasteiger partial charge in [0.2, 0.25) is 0 Å². The zero-order valence-electron chi connectivity index (χ0n) is 26.8. The summed E-state index contributed by atoms with van der Waals surface area (Å²) in [6.45, 7) is 6.19. The summed E-state index contributed by atoms with van der Waals surface area (Å²) in [5.74, 6) is -0.296. The summed E-state index contributed by atoms with van der Waals surface area (Å²) >= 11 is 0. The van der Waals surface area contributed by atoms with Gasteiger partial charge in [-0.1, -0.05) is 24.3 Å². The molecule has 3 N–H and O–H groups in total. The highest BCUT2D eigenvalue weighted by atomic mass is 19.1. The van der Waals surface area contributed by atoms with Crippen LogP contribution in [0.1, 0.15) is 56.1 Å². The van der Waals surface area contributed by atoms with Crippen LogP contribution < -0.4 is 15.8 Å². The molecule has 1 aliphatic carbocycles. The molecule has 2 amide bonds. The van der Waals surface area contributed by atoms with Crippen molar-refractivity contribution >= 4 is 22.8 Å². The van der Waals surface area contributed by atoms with Crippen LogP contribution in [-0.2, 0) is 16.7 Å². The van der Waals surface area contributed by atoms with E-state index in [1.165, 1.54) is 12.1 Å². The number of morpholine rings is 1. The number of hydrogen-bond acceptors (Lipinski definition) is 7. The summed E-state index contributed by atoms with van der Waals surface area (Å²) in [5, 5.41) is 3.82. The Kier molecular flexibility index (Phi) is 8.68. The number of nitrogens with zero attached hydrogens (tertiary/aromatic N) is 2. The number of rotatable bonds is 11. The first-order valence-electron chi connectivity index (χ1n) is 16.2. The van der Waals surface area contributed by atoms with Gasteiger partial charge in [-0.3, -0.25) is 19.5 Å². The molecule has 1 saturated heterocycles. The van der Waals surface area contributed by atoms with Crippen molar-refractivity contribution in [2.24, 2.45) is 5.73 Å². The van der Waals surface area contributed by atoms with Gasteiger partial charge in [0.05, 0.1) is 35.6 Å². The van der Waals surface area contributed by atoms with Gasteiger partial charge >= 0.3 is 0 Å². The number of aromatic nitrogens is 1. The van der Waals surface area contributed by atoms with Gasteiger partial charge in [0.25, 0.3) is 11.8 Å².